The molecule has 3 heterocycles. The zero-order valence-electron chi connectivity index (χ0n) is 23.0. The molecule has 2 aliphatic rings. The zero-order chi connectivity index (χ0) is 28.5. The number of hydrogen-bond acceptors (Lipinski definition) is 5. The van der Waals surface area contributed by atoms with Gasteiger partial charge in [0.05, 0.1) is 13.2 Å². The lowest BCUT2D eigenvalue weighted by Gasteiger charge is -2.37. The molecule has 6 rings (SSSR count). The van der Waals surface area contributed by atoms with Gasteiger partial charge in [-0.15, -0.1) is 0 Å². The van der Waals surface area contributed by atoms with Crippen molar-refractivity contribution in [2.75, 3.05) is 19.1 Å². The number of nitrogens with one attached hydrogen (secondary N) is 3. The third-order valence-electron chi connectivity index (χ3n) is 8.00. The van der Waals surface area contributed by atoms with Crippen molar-refractivity contribution in [3.05, 3.63) is 101 Å². The lowest BCUT2D eigenvalue weighted by atomic mass is 9.89. The van der Waals surface area contributed by atoms with Gasteiger partial charge < -0.3 is 25.3 Å². The number of amides is 3. The van der Waals surface area contributed by atoms with Gasteiger partial charge in [0.15, 0.2) is 0 Å². The molecule has 0 spiro atoms. The van der Waals surface area contributed by atoms with E-state index in [4.69, 9.17) is 4.74 Å². The van der Waals surface area contributed by atoms with Crippen LogP contribution in [0.1, 0.15) is 45.2 Å². The molecule has 0 saturated heterocycles. The van der Waals surface area contributed by atoms with Gasteiger partial charge in [-0.1, -0.05) is 48.5 Å². The van der Waals surface area contributed by atoms with Crippen LogP contribution in [0.3, 0.4) is 0 Å². The van der Waals surface area contributed by atoms with E-state index in [1.165, 1.54) is 0 Å². The summed E-state index contributed by atoms with van der Waals surface area (Å²) in [6.07, 6.45) is 2.80. The number of aromatic nitrogens is 1. The molecular weight excluding hydrogens is 536 g/mol. The molecule has 1 aromatic heterocycles. The maximum atomic E-state index is 14.0. The van der Waals surface area contributed by atoms with Crippen LogP contribution in [0.15, 0.2) is 72.8 Å². The Morgan fingerprint density at radius 2 is 1.90 bits per heavy atom. The highest BCUT2D eigenvalue weighted by Crippen LogP contribution is 2.46. The number of nitrogens with zero attached hydrogens (tertiary/aromatic N) is 1. The van der Waals surface area contributed by atoms with Crippen LogP contribution in [-0.2, 0) is 22.6 Å². The van der Waals surface area contributed by atoms with E-state index in [1.54, 1.807) is 23.8 Å². The van der Waals surface area contributed by atoms with Crippen molar-refractivity contribution >= 4 is 40.4 Å². The molecule has 0 aliphatic carbocycles. The number of carbonyl (C=O) groups excluding carboxylic acids is 3. The summed E-state index contributed by atoms with van der Waals surface area (Å²) in [7, 11) is 1.60. The van der Waals surface area contributed by atoms with Gasteiger partial charge in [-0.3, -0.25) is 14.4 Å². The van der Waals surface area contributed by atoms with E-state index in [9.17, 15) is 14.4 Å². The summed E-state index contributed by atoms with van der Waals surface area (Å²) in [6.45, 7) is 0.311. The van der Waals surface area contributed by atoms with Crippen LogP contribution in [0.25, 0.3) is 10.9 Å². The first kappa shape index (κ1) is 27.0. The fourth-order valence-electron chi connectivity index (χ4n) is 6.00. The van der Waals surface area contributed by atoms with Crippen molar-refractivity contribution in [1.29, 1.82) is 0 Å². The van der Waals surface area contributed by atoms with Crippen LogP contribution in [0.2, 0.25) is 0 Å². The summed E-state index contributed by atoms with van der Waals surface area (Å²) in [6, 6.07) is 21.2. The molecule has 9 heteroatoms. The molecule has 2 aliphatic heterocycles. The first-order valence-electron chi connectivity index (χ1n) is 13.7. The van der Waals surface area contributed by atoms with Gasteiger partial charge in [0, 0.05) is 35.1 Å². The molecule has 3 aromatic carbocycles. The molecule has 3 atom stereocenters. The number of para-hydroxylation sites is 1. The molecule has 3 unspecified atom stereocenters. The molecule has 3 amide bonds. The summed E-state index contributed by atoms with van der Waals surface area (Å²) >= 11 is 1.61. The Balaban J connectivity index is 1.28. The second-order valence-electron chi connectivity index (χ2n) is 10.4. The Morgan fingerprint density at radius 3 is 2.73 bits per heavy atom. The Hall–Kier alpha value is -4.24. The van der Waals surface area contributed by atoms with Crippen LogP contribution in [-0.4, -0.2) is 58.8 Å². The second kappa shape index (κ2) is 11.3. The van der Waals surface area contributed by atoms with Crippen LogP contribution < -0.4 is 15.4 Å². The van der Waals surface area contributed by atoms with Gasteiger partial charge >= 0.3 is 0 Å². The fourth-order valence-corrected chi connectivity index (χ4v) is 6.48. The summed E-state index contributed by atoms with van der Waals surface area (Å²) in [5, 5.41) is 7.03. The SMILES string of the molecule is COc1cccc(CNC(=O)C(CCSC)NC(=O)C2Cc3c([nH]c4ccccc34)C3c4ccccc4C(=O)N23)c1. The number of thioether (sulfide) groups is 1. The molecule has 3 N–H and O–H groups in total. The summed E-state index contributed by atoms with van der Waals surface area (Å²) < 4.78 is 5.29. The molecule has 0 saturated carbocycles. The third-order valence-corrected chi connectivity index (χ3v) is 8.64. The lowest BCUT2D eigenvalue weighted by Crippen LogP contribution is -2.56. The highest BCUT2D eigenvalue weighted by Gasteiger charge is 2.49. The summed E-state index contributed by atoms with van der Waals surface area (Å²) in [4.78, 5) is 46.3. The van der Waals surface area contributed by atoms with Gasteiger partial charge in [0.2, 0.25) is 11.8 Å². The van der Waals surface area contributed by atoms with Gasteiger partial charge in [-0.2, -0.15) is 11.8 Å². The van der Waals surface area contributed by atoms with Crippen molar-refractivity contribution in [2.45, 2.75) is 37.5 Å². The van der Waals surface area contributed by atoms with Crippen molar-refractivity contribution in [2.24, 2.45) is 0 Å². The second-order valence-corrected chi connectivity index (χ2v) is 11.4. The average molecular weight is 569 g/mol. The van der Waals surface area contributed by atoms with Gasteiger partial charge in [0.1, 0.15) is 17.8 Å². The number of carbonyl (C=O) groups is 3. The van der Waals surface area contributed by atoms with Crippen LogP contribution in [0.5, 0.6) is 5.75 Å². The minimum atomic E-state index is -0.755. The fraction of sp³-hybridized carbons (Fsp3) is 0.281. The number of methoxy groups -OCH3 is 1. The van der Waals surface area contributed by atoms with Crippen molar-refractivity contribution in [1.82, 2.24) is 20.5 Å². The van der Waals surface area contributed by atoms with Crippen LogP contribution in [0.4, 0.5) is 0 Å². The van der Waals surface area contributed by atoms with E-state index in [1.807, 2.05) is 79.1 Å². The highest BCUT2D eigenvalue weighted by atomic mass is 32.2. The third kappa shape index (κ3) is 4.95. The first-order valence-corrected chi connectivity index (χ1v) is 15.1. The summed E-state index contributed by atoms with van der Waals surface area (Å²) in [5.41, 5.74) is 5.35. The molecule has 8 nitrogen and oxygen atoms in total. The maximum Gasteiger partial charge on any atom is 0.255 e. The predicted molar refractivity (Wildman–Crippen MR) is 160 cm³/mol. The quantitative estimate of drug-likeness (QED) is 0.281. The Kier molecular flexibility index (Phi) is 7.45. The standard InChI is InChI=1S/C32H32N4O4S/c1-40-20-9-7-8-19(16-20)18-33-30(37)26(14-15-41-2)35-31(38)27-17-24-21-10-5-6-13-25(21)34-28(24)29-22-11-3-4-12-23(22)32(39)36(27)29/h3-13,16,26-27,29,34H,14-15,17-18H2,1-2H3,(H,33,37)(H,35,38). The predicted octanol–water partition coefficient (Wildman–Crippen LogP) is 4.20. The zero-order valence-corrected chi connectivity index (χ0v) is 23.8. The van der Waals surface area contributed by atoms with E-state index in [0.29, 0.717) is 36.5 Å². The monoisotopic (exact) mass is 568 g/mol. The molecule has 4 aromatic rings. The number of ether oxygens (including phenoxy) is 1. The van der Waals surface area contributed by atoms with Crippen LogP contribution in [0, 0.1) is 0 Å². The normalized spacial score (nSPS) is 17.9. The Morgan fingerprint density at radius 1 is 1.10 bits per heavy atom. The van der Waals surface area contributed by atoms with E-state index < -0.39 is 18.1 Å². The molecular formula is C32H32N4O4S. The first-order chi connectivity index (χ1) is 20.0. The lowest BCUT2D eigenvalue weighted by molar-refractivity contribution is -0.132. The van der Waals surface area contributed by atoms with E-state index >= 15 is 0 Å². The van der Waals surface area contributed by atoms with Crippen molar-refractivity contribution in [3.8, 4) is 5.75 Å². The molecule has 41 heavy (non-hydrogen) atoms. The van der Waals surface area contributed by atoms with E-state index in [2.05, 4.69) is 15.6 Å². The number of fused-ring (bicyclic) bond motifs is 7. The van der Waals surface area contributed by atoms with E-state index in [0.717, 1.165) is 33.3 Å². The van der Waals surface area contributed by atoms with Crippen LogP contribution >= 0.6 is 11.8 Å². The molecule has 0 radical (unpaired) electrons. The van der Waals surface area contributed by atoms with Gasteiger partial charge in [-0.25, -0.2) is 0 Å². The van der Waals surface area contributed by atoms with E-state index in [-0.39, 0.29) is 17.7 Å². The number of H-pyrrole nitrogens is 1. The number of rotatable bonds is 9. The minimum absolute atomic E-state index is 0.168. The van der Waals surface area contributed by atoms with Gasteiger partial charge in [0.25, 0.3) is 5.91 Å². The number of aromatic amines is 1. The Bertz CT molecular complexity index is 1630. The largest absolute Gasteiger partial charge is 0.497 e. The smallest absolute Gasteiger partial charge is 0.255 e. The van der Waals surface area contributed by atoms with Crippen molar-refractivity contribution < 1.29 is 19.1 Å². The molecule has 0 fully saturated rings. The highest BCUT2D eigenvalue weighted by molar-refractivity contribution is 7.98. The molecule has 210 valence electrons. The van der Waals surface area contributed by atoms with Crippen molar-refractivity contribution in [3.63, 3.8) is 0 Å². The molecule has 0 bridgehead atoms. The number of hydrogen-bond donors (Lipinski definition) is 3. The average Bonchev–Trinajstić information content (AvgIpc) is 3.53. The maximum absolute atomic E-state index is 14.0. The number of benzene rings is 3. The van der Waals surface area contributed by atoms with Gasteiger partial charge in [-0.05, 0) is 59.4 Å². The topological polar surface area (TPSA) is 104 Å². The Labute approximate surface area is 242 Å². The minimum Gasteiger partial charge on any atom is -0.497 e. The summed E-state index contributed by atoms with van der Waals surface area (Å²) in [5.74, 6) is 0.661.